The fraction of sp³-hybridized carbons (Fsp3) is 0.211. The molecule has 4 N–H and O–H groups in total. The number of aliphatic hydroxyl groups is 1. The molecule has 0 spiro atoms. The molecular formula is C19H18FN3O3. The number of aromatic amines is 1. The van der Waals surface area contributed by atoms with Crippen molar-refractivity contribution in [1.29, 1.82) is 0 Å². The van der Waals surface area contributed by atoms with Gasteiger partial charge in [0.05, 0.1) is 42.3 Å². The van der Waals surface area contributed by atoms with Gasteiger partial charge in [0.2, 0.25) is 0 Å². The molecule has 1 aromatic heterocycles. The molecule has 2 aromatic rings. The zero-order valence-corrected chi connectivity index (χ0v) is 14.3. The topological polar surface area (TPSA) is 86.4 Å². The van der Waals surface area contributed by atoms with E-state index in [1.807, 2.05) is 0 Å². The molecule has 1 aromatic carbocycles. The third kappa shape index (κ3) is 3.20. The molecule has 1 atom stereocenters. The largest absolute Gasteiger partial charge is 0.495 e. The summed E-state index contributed by atoms with van der Waals surface area (Å²) in [6.45, 7) is -0.209. The molecule has 1 aliphatic rings. The first-order chi connectivity index (χ1) is 12.6. The zero-order valence-electron chi connectivity index (χ0n) is 14.3. The number of rotatable bonds is 4. The molecule has 134 valence electrons. The molecule has 6 nitrogen and oxygen atoms in total. The highest BCUT2D eigenvalue weighted by molar-refractivity contribution is 6.35. The van der Waals surface area contributed by atoms with E-state index in [0.717, 1.165) is 0 Å². The number of aromatic nitrogens is 1. The summed E-state index contributed by atoms with van der Waals surface area (Å²) in [6, 6.07) is 3.99. The monoisotopic (exact) mass is 355 g/mol. The van der Waals surface area contributed by atoms with Gasteiger partial charge >= 0.3 is 0 Å². The summed E-state index contributed by atoms with van der Waals surface area (Å²) >= 11 is 0. The number of anilines is 1. The number of benzene rings is 1. The number of hydrogen-bond donors (Lipinski definition) is 4. The van der Waals surface area contributed by atoms with Crippen molar-refractivity contribution in [2.45, 2.75) is 6.04 Å². The van der Waals surface area contributed by atoms with Gasteiger partial charge < -0.3 is 25.5 Å². The Morgan fingerprint density at radius 1 is 1.42 bits per heavy atom. The lowest BCUT2D eigenvalue weighted by atomic mass is 9.99. The van der Waals surface area contributed by atoms with Gasteiger partial charge in [-0.1, -0.05) is 11.8 Å². The van der Waals surface area contributed by atoms with Crippen LogP contribution in [0.2, 0.25) is 0 Å². The first kappa shape index (κ1) is 17.7. The Kier molecular flexibility index (Phi) is 5.07. The molecule has 0 bridgehead atoms. The lowest BCUT2D eigenvalue weighted by molar-refractivity contribution is -0.110. The van der Waals surface area contributed by atoms with Crippen LogP contribution in [0.15, 0.2) is 24.4 Å². The Hall–Kier alpha value is -3.08. The molecule has 1 aliphatic heterocycles. The lowest BCUT2D eigenvalue weighted by Gasteiger charge is -2.06. The average molecular weight is 355 g/mol. The van der Waals surface area contributed by atoms with Crippen molar-refractivity contribution in [2.24, 2.45) is 0 Å². The van der Waals surface area contributed by atoms with Crippen molar-refractivity contribution in [3.63, 3.8) is 0 Å². The van der Waals surface area contributed by atoms with Gasteiger partial charge in [-0.3, -0.25) is 4.79 Å². The molecule has 7 heteroatoms. The molecule has 0 aliphatic carbocycles. The molecule has 0 radical (unpaired) electrons. The van der Waals surface area contributed by atoms with Crippen LogP contribution in [0.4, 0.5) is 10.1 Å². The number of H-pyrrole nitrogens is 1. The minimum Gasteiger partial charge on any atom is -0.495 e. The maximum absolute atomic E-state index is 14.4. The Morgan fingerprint density at radius 3 is 2.92 bits per heavy atom. The minimum absolute atomic E-state index is 0.103. The fourth-order valence-electron chi connectivity index (χ4n) is 2.70. The van der Waals surface area contributed by atoms with Crippen LogP contribution in [0.5, 0.6) is 5.75 Å². The quantitative estimate of drug-likeness (QED) is 0.496. The molecule has 3 rings (SSSR count). The number of amides is 1. The van der Waals surface area contributed by atoms with Crippen LogP contribution in [0, 0.1) is 17.7 Å². The predicted molar refractivity (Wildman–Crippen MR) is 97.1 cm³/mol. The molecule has 0 saturated heterocycles. The summed E-state index contributed by atoms with van der Waals surface area (Å²) < 4.78 is 19.7. The van der Waals surface area contributed by atoms with Crippen LogP contribution in [0.25, 0.3) is 11.6 Å². The number of methoxy groups -OCH3 is 1. The number of carbonyl (C=O) groups is 1. The molecule has 26 heavy (non-hydrogen) atoms. The predicted octanol–water partition coefficient (Wildman–Crippen LogP) is 1.59. The van der Waals surface area contributed by atoms with Gasteiger partial charge in [0, 0.05) is 11.8 Å². The number of aliphatic hydroxyl groups excluding tert-OH is 1. The van der Waals surface area contributed by atoms with Gasteiger partial charge in [-0.15, -0.1) is 0 Å². The number of carbonyl (C=O) groups excluding carboxylic acids is 1. The first-order valence-corrected chi connectivity index (χ1v) is 7.96. The van der Waals surface area contributed by atoms with E-state index in [4.69, 9.17) is 4.74 Å². The number of ether oxygens (including phenoxy) is 1. The van der Waals surface area contributed by atoms with E-state index < -0.39 is 11.9 Å². The number of fused-ring (bicyclic) bond motifs is 1. The van der Waals surface area contributed by atoms with E-state index >= 15 is 0 Å². The van der Waals surface area contributed by atoms with Gasteiger partial charge in [0.15, 0.2) is 0 Å². The molecule has 2 heterocycles. The first-order valence-electron chi connectivity index (χ1n) is 7.96. The molecule has 0 unspecified atom stereocenters. The molecule has 0 fully saturated rings. The van der Waals surface area contributed by atoms with E-state index in [9.17, 15) is 14.3 Å². The number of halogens is 1. The van der Waals surface area contributed by atoms with E-state index in [1.54, 1.807) is 25.4 Å². The number of nitrogens with one attached hydrogen (secondary N) is 3. The third-order valence-corrected chi connectivity index (χ3v) is 4.07. The maximum Gasteiger partial charge on any atom is 0.256 e. The van der Waals surface area contributed by atoms with Crippen LogP contribution in [-0.4, -0.2) is 42.8 Å². The van der Waals surface area contributed by atoms with Crippen molar-refractivity contribution >= 4 is 23.2 Å². The maximum atomic E-state index is 14.4. The number of hydrogen-bond acceptors (Lipinski definition) is 4. The van der Waals surface area contributed by atoms with E-state index in [2.05, 4.69) is 27.5 Å². The zero-order chi connectivity index (χ0) is 18.7. The van der Waals surface area contributed by atoms with Crippen LogP contribution >= 0.6 is 0 Å². The molecule has 1 amide bonds. The molecular weight excluding hydrogens is 337 g/mol. The van der Waals surface area contributed by atoms with Crippen molar-refractivity contribution < 1.29 is 19.0 Å². The van der Waals surface area contributed by atoms with Crippen LogP contribution in [0.3, 0.4) is 0 Å². The second-order valence-electron chi connectivity index (χ2n) is 5.61. The Morgan fingerprint density at radius 2 is 2.23 bits per heavy atom. The van der Waals surface area contributed by atoms with Crippen molar-refractivity contribution in [2.75, 3.05) is 26.1 Å². The lowest BCUT2D eigenvalue weighted by Crippen LogP contribution is -2.27. The van der Waals surface area contributed by atoms with Gasteiger partial charge in [-0.05, 0) is 31.3 Å². The Labute approximate surface area is 150 Å². The van der Waals surface area contributed by atoms with E-state index in [-0.39, 0.29) is 23.7 Å². The second-order valence-corrected chi connectivity index (χ2v) is 5.61. The summed E-state index contributed by atoms with van der Waals surface area (Å²) in [5.74, 6) is 5.21. The highest BCUT2D eigenvalue weighted by Gasteiger charge is 2.29. The van der Waals surface area contributed by atoms with E-state index in [1.165, 1.54) is 19.2 Å². The summed E-state index contributed by atoms with van der Waals surface area (Å²) in [5.41, 5.74) is 1.87. The van der Waals surface area contributed by atoms with Crippen molar-refractivity contribution in [3.8, 4) is 17.6 Å². The Bertz CT molecular complexity index is 933. The molecule has 0 saturated carbocycles. The van der Waals surface area contributed by atoms with Gasteiger partial charge in [-0.25, -0.2) is 4.39 Å². The van der Waals surface area contributed by atoms with Gasteiger partial charge in [0.25, 0.3) is 5.91 Å². The number of likely N-dealkylation sites (N-methyl/N-ethyl adjacent to an activating group) is 1. The highest BCUT2D eigenvalue weighted by atomic mass is 19.1. The van der Waals surface area contributed by atoms with Crippen molar-refractivity contribution in [3.05, 3.63) is 47.0 Å². The standard InChI is InChI=1S/C19H18FN3O3/c1-21-11(10-24)3-4-12-14(20)5-6-15-18(12)13(19(25)23-15)9-16-17(26-2)7-8-22-16/h5-9,11,21-22,24H,10H2,1-2H3,(H,23,25)/b13-9-/t11-/m0/s1. The Balaban J connectivity index is 2.14. The normalized spacial score (nSPS) is 15.2. The smallest absolute Gasteiger partial charge is 0.256 e. The average Bonchev–Trinajstić information content (AvgIpc) is 3.22. The fourth-order valence-corrected chi connectivity index (χ4v) is 2.70. The van der Waals surface area contributed by atoms with Gasteiger partial charge in [-0.2, -0.15) is 0 Å². The minimum atomic E-state index is -0.537. The second kappa shape index (κ2) is 7.44. The third-order valence-electron chi connectivity index (χ3n) is 4.07. The van der Waals surface area contributed by atoms with Crippen molar-refractivity contribution in [1.82, 2.24) is 10.3 Å². The SMILES string of the molecule is CN[C@@H](C#Cc1c(F)ccc2c1/C(=C/c1[nH]ccc1OC)C(=O)N2)CO. The summed E-state index contributed by atoms with van der Waals surface area (Å²) in [4.78, 5) is 15.4. The van der Waals surface area contributed by atoms with E-state index in [0.29, 0.717) is 22.7 Å². The van der Waals surface area contributed by atoms with Crippen LogP contribution in [0.1, 0.15) is 16.8 Å². The highest BCUT2D eigenvalue weighted by Crippen LogP contribution is 2.37. The summed E-state index contributed by atoms with van der Waals surface area (Å²) in [7, 11) is 3.17. The van der Waals surface area contributed by atoms with Gasteiger partial charge in [0.1, 0.15) is 11.6 Å². The van der Waals surface area contributed by atoms with Crippen LogP contribution < -0.4 is 15.4 Å². The summed E-state index contributed by atoms with van der Waals surface area (Å²) in [5, 5.41) is 14.8. The summed E-state index contributed by atoms with van der Waals surface area (Å²) in [6.07, 6.45) is 3.29. The van der Waals surface area contributed by atoms with Crippen LogP contribution in [-0.2, 0) is 4.79 Å².